The van der Waals surface area contributed by atoms with Crippen molar-refractivity contribution < 1.29 is 13.2 Å². The molecule has 28 heavy (non-hydrogen) atoms. The Morgan fingerprint density at radius 3 is 1.89 bits per heavy atom. The molecule has 3 rings (SSSR count). The fourth-order valence-electron chi connectivity index (χ4n) is 2.55. The van der Waals surface area contributed by atoms with E-state index in [1.165, 1.54) is 12.1 Å². The quantitative estimate of drug-likeness (QED) is 0.453. The van der Waals surface area contributed by atoms with E-state index < -0.39 is 11.7 Å². The lowest BCUT2D eigenvalue weighted by Gasteiger charge is -2.14. The highest BCUT2D eigenvalue weighted by Crippen LogP contribution is 2.29. The summed E-state index contributed by atoms with van der Waals surface area (Å²) in [7, 11) is 0. The van der Waals surface area contributed by atoms with E-state index in [4.69, 9.17) is 0 Å². The Morgan fingerprint density at radius 1 is 0.750 bits per heavy atom. The highest BCUT2D eigenvalue weighted by atomic mass is 19.4. The van der Waals surface area contributed by atoms with Crippen molar-refractivity contribution in [3.05, 3.63) is 102 Å². The van der Waals surface area contributed by atoms with Gasteiger partial charge in [0, 0.05) is 12.2 Å². The number of alkyl halides is 3. The molecule has 0 aromatic heterocycles. The molecule has 0 fully saturated rings. The molecule has 144 valence electrons. The van der Waals surface area contributed by atoms with Crippen molar-refractivity contribution in [3.63, 3.8) is 0 Å². The minimum Gasteiger partial charge on any atom is -0.352 e. The van der Waals surface area contributed by atoms with E-state index in [1.807, 2.05) is 60.7 Å². The van der Waals surface area contributed by atoms with Crippen LogP contribution in [0, 0.1) is 0 Å². The van der Waals surface area contributed by atoms with Crippen molar-refractivity contribution in [2.45, 2.75) is 19.3 Å². The second-order valence-electron chi connectivity index (χ2n) is 6.19. The molecule has 6 heteroatoms. The third-order valence-electron chi connectivity index (χ3n) is 4.04. The van der Waals surface area contributed by atoms with Crippen LogP contribution in [-0.2, 0) is 19.3 Å². The van der Waals surface area contributed by atoms with E-state index in [1.54, 1.807) is 0 Å². The molecule has 3 nitrogen and oxygen atoms in total. The summed E-state index contributed by atoms with van der Waals surface area (Å²) >= 11 is 0. The Kier molecular flexibility index (Phi) is 6.32. The van der Waals surface area contributed by atoms with Crippen LogP contribution in [0.15, 0.2) is 89.9 Å². The number of hydrogen-bond acceptors (Lipinski definition) is 1. The first-order valence-corrected chi connectivity index (χ1v) is 8.81. The van der Waals surface area contributed by atoms with Crippen LogP contribution in [0.5, 0.6) is 0 Å². The normalized spacial score (nSPS) is 11.9. The molecular weight excluding hydrogens is 363 g/mol. The molecule has 0 atom stereocenters. The van der Waals surface area contributed by atoms with Crippen LogP contribution in [0.3, 0.4) is 0 Å². The van der Waals surface area contributed by atoms with Crippen LogP contribution in [0.2, 0.25) is 0 Å². The molecule has 0 saturated heterocycles. The molecule has 0 spiro atoms. The number of rotatable bonds is 5. The molecule has 0 radical (unpaired) electrons. The maximum absolute atomic E-state index is 12.7. The van der Waals surface area contributed by atoms with Crippen molar-refractivity contribution >= 4 is 11.6 Å². The summed E-state index contributed by atoms with van der Waals surface area (Å²) in [6.07, 6.45) is -4.35. The number of nitrogens with zero attached hydrogens (tertiary/aromatic N) is 1. The average molecular weight is 383 g/mol. The van der Waals surface area contributed by atoms with Gasteiger partial charge in [-0.05, 0) is 35.4 Å². The first kappa shape index (κ1) is 19.5. The maximum Gasteiger partial charge on any atom is 0.416 e. The molecule has 0 aliphatic carbocycles. The summed E-state index contributed by atoms with van der Waals surface area (Å²) in [4.78, 5) is 4.55. The van der Waals surface area contributed by atoms with Crippen molar-refractivity contribution in [2.75, 3.05) is 5.32 Å². The highest BCUT2D eigenvalue weighted by molar-refractivity contribution is 5.93. The Bertz CT molecular complexity index is 890. The predicted molar refractivity (Wildman–Crippen MR) is 106 cm³/mol. The van der Waals surface area contributed by atoms with E-state index in [-0.39, 0.29) is 0 Å². The van der Waals surface area contributed by atoms with E-state index in [0.717, 1.165) is 23.3 Å². The second-order valence-corrected chi connectivity index (χ2v) is 6.19. The van der Waals surface area contributed by atoms with Gasteiger partial charge in [0.2, 0.25) is 0 Å². The minimum atomic E-state index is -4.35. The Balaban J connectivity index is 1.73. The van der Waals surface area contributed by atoms with Crippen LogP contribution in [0.4, 0.5) is 18.9 Å². The number of aliphatic imine (C=N–C) groups is 1. The van der Waals surface area contributed by atoms with Gasteiger partial charge < -0.3 is 10.6 Å². The van der Waals surface area contributed by atoms with Crippen molar-refractivity contribution in [2.24, 2.45) is 4.99 Å². The molecule has 0 heterocycles. The first-order valence-electron chi connectivity index (χ1n) is 8.81. The smallest absolute Gasteiger partial charge is 0.352 e. The zero-order valence-corrected chi connectivity index (χ0v) is 15.1. The van der Waals surface area contributed by atoms with Gasteiger partial charge in [0.25, 0.3) is 0 Å². The molecule has 2 N–H and O–H groups in total. The number of nitrogens with one attached hydrogen (secondary N) is 2. The van der Waals surface area contributed by atoms with Gasteiger partial charge in [-0.25, -0.2) is 4.99 Å². The fraction of sp³-hybridized carbons (Fsp3) is 0.136. The van der Waals surface area contributed by atoms with Crippen LogP contribution in [-0.4, -0.2) is 5.96 Å². The van der Waals surface area contributed by atoms with Crippen LogP contribution >= 0.6 is 0 Å². The van der Waals surface area contributed by atoms with Gasteiger partial charge in [-0.15, -0.1) is 0 Å². The summed E-state index contributed by atoms with van der Waals surface area (Å²) in [6.45, 7) is 0.994. The molecule has 0 amide bonds. The molecule has 0 aliphatic heterocycles. The third-order valence-corrected chi connectivity index (χ3v) is 4.04. The van der Waals surface area contributed by atoms with E-state index in [2.05, 4.69) is 15.6 Å². The molecule has 0 saturated carbocycles. The number of hydrogen-bond donors (Lipinski definition) is 2. The average Bonchev–Trinajstić information content (AvgIpc) is 2.71. The fourth-order valence-corrected chi connectivity index (χ4v) is 2.55. The van der Waals surface area contributed by atoms with Crippen molar-refractivity contribution in [1.82, 2.24) is 5.32 Å². The molecule has 0 aliphatic rings. The van der Waals surface area contributed by atoms with Gasteiger partial charge in [-0.2, -0.15) is 13.2 Å². The Labute approximate surface area is 161 Å². The Morgan fingerprint density at radius 2 is 1.32 bits per heavy atom. The van der Waals surface area contributed by atoms with E-state index >= 15 is 0 Å². The zero-order valence-electron chi connectivity index (χ0n) is 15.1. The topological polar surface area (TPSA) is 36.4 Å². The van der Waals surface area contributed by atoms with Crippen LogP contribution in [0.25, 0.3) is 0 Å². The van der Waals surface area contributed by atoms with Gasteiger partial charge in [-0.3, -0.25) is 0 Å². The van der Waals surface area contributed by atoms with Gasteiger partial charge in [-0.1, -0.05) is 60.7 Å². The lowest BCUT2D eigenvalue weighted by Crippen LogP contribution is -2.30. The Hall–Kier alpha value is -3.28. The predicted octanol–water partition coefficient (Wildman–Crippen LogP) is 5.46. The molecular formula is C22H20F3N3. The molecule has 3 aromatic rings. The largest absolute Gasteiger partial charge is 0.416 e. The summed E-state index contributed by atoms with van der Waals surface area (Å²) < 4.78 is 38.2. The lowest BCUT2D eigenvalue weighted by molar-refractivity contribution is -0.137. The van der Waals surface area contributed by atoms with Crippen molar-refractivity contribution in [1.29, 1.82) is 0 Å². The van der Waals surface area contributed by atoms with Gasteiger partial charge in [0.15, 0.2) is 5.96 Å². The van der Waals surface area contributed by atoms with Crippen molar-refractivity contribution in [3.8, 4) is 0 Å². The monoisotopic (exact) mass is 383 g/mol. The standard InChI is InChI=1S/C22H20F3N3/c23-22(24,25)19-11-13-20(14-12-19)28-21(26-15-17-7-3-1-4-8-17)27-16-18-9-5-2-6-10-18/h1-14H,15-16H2,(H2,26,27,28). The zero-order chi connectivity index (χ0) is 19.8. The first-order chi connectivity index (χ1) is 13.5. The number of guanidine groups is 1. The minimum absolute atomic E-state index is 0.450. The molecule has 0 unspecified atom stereocenters. The SMILES string of the molecule is FC(F)(F)c1ccc(NC(=NCc2ccccc2)NCc2ccccc2)cc1. The molecule has 3 aromatic carbocycles. The van der Waals surface area contributed by atoms with E-state index in [0.29, 0.717) is 24.7 Å². The van der Waals surface area contributed by atoms with Crippen LogP contribution in [0.1, 0.15) is 16.7 Å². The number of halogens is 3. The van der Waals surface area contributed by atoms with Crippen LogP contribution < -0.4 is 10.6 Å². The van der Waals surface area contributed by atoms with Gasteiger partial charge in [0.1, 0.15) is 0 Å². The van der Waals surface area contributed by atoms with Gasteiger partial charge >= 0.3 is 6.18 Å². The third kappa shape index (κ3) is 5.87. The molecule has 0 bridgehead atoms. The number of benzene rings is 3. The highest BCUT2D eigenvalue weighted by Gasteiger charge is 2.29. The lowest BCUT2D eigenvalue weighted by atomic mass is 10.2. The second kappa shape index (κ2) is 9.08. The summed E-state index contributed by atoms with van der Waals surface area (Å²) in [5.41, 5.74) is 1.96. The number of anilines is 1. The summed E-state index contributed by atoms with van der Waals surface area (Å²) in [6, 6.07) is 24.4. The maximum atomic E-state index is 12.7. The summed E-state index contributed by atoms with van der Waals surface area (Å²) in [5, 5.41) is 6.29. The van der Waals surface area contributed by atoms with E-state index in [9.17, 15) is 13.2 Å². The van der Waals surface area contributed by atoms with Gasteiger partial charge in [0.05, 0.1) is 12.1 Å². The summed E-state index contributed by atoms with van der Waals surface area (Å²) in [5.74, 6) is 0.493.